The third-order valence-electron chi connectivity index (χ3n) is 5.96. The predicted octanol–water partition coefficient (Wildman–Crippen LogP) is 2.57. The van der Waals surface area contributed by atoms with Crippen molar-refractivity contribution in [2.24, 2.45) is 0 Å². The van der Waals surface area contributed by atoms with Gasteiger partial charge in [0.25, 0.3) is 0 Å². The number of anilines is 1. The van der Waals surface area contributed by atoms with Crippen molar-refractivity contribution in [1.82, 2.24) is 29.5 Å². The number of amides is 2. The molecule has 10 nitrogen and oxygen atoms in total. The highest BCUT2D eigenvalue weighted by Crippen LogP contribution is 2.30. The maximum absolute atomic E-state index is 13.0. The summed E-state index contributed by atoms with van der Waals surface area (Å²) in [6.07, 6.45) is 6.02. The van der Waals surface area contributed by atoms with Crippen molar-refractivity contribution in [3.8, 4) is 0 Å². The monoisotopic (exact) mass is 533 g/mol. The van der Waals surface area contributed by atoms with Crippen LogP contribution in [0.3, 0.4) is 0 Å². The molecule has 2 aromatic heterocycles. The molecule has 2 aromatic rings. The van der Waals surface area contributed by atoms with Crippen LogP contribution in [0.15, 0.2) is 48.7 Å². The Bertz CT molecular complexity index is 1260. The number of hydrogen-bond acceptors (Lipinski definition) is 7. The Balaban J connectivity index is 1.44. The van der Waals surface area contributed by atoms with Crippen molar-refractivity contribution >= 4 is 28.9 Å². The van der Waals surface area contributed by atoms with Crippen LogP contribution in [0.4, 0.5) is 19.0 Å². The van der Waals surface area contributed by atoms with Crippen LogP contribution in [-0.4, -0.2) is 87.7 Å². The first kappa shape index (κ1) is 27.2. The molecule has 2 aliphatic rings. The molecule has 2 amide bonds. The molecule has 38 heavy (non-hydrogen) atoms. The molecule has 1 saturated heterocycles. The number of halogens is 3. The summed E-state index contributed by atoms with van der Waals surface area (Å²) in [5, 5.41) is 6.03. The van der Waals surface area contributed by atoms with E-state index in [0.29, 0.717) is 55.5 Å². The molecule has 13 heteroatoms. The van der Waals surface area contributed by atoms with Crippen molar-refractivity contribution in [3.05, 3.63) is 54.3 Å². The molecule has 4 rings (SSSR count). The van der Waals surface area contributed by atoms with Gasteiger partial charge in [-0.05, 0) is 26.0 Å². The second-order valence-corrected chi connectivity index (χ2v) is 9.26. The summed E-state index contributed by atoms with van der Waals surface area (Å²) in [4.78, 5) is 37.4. The van der Waals surface area contributed by atoms with Crippen LogP contribution in [0.5, 0.6) is 0 Å². The summed E-state index contributed by atoms with van der Waals surface area (Å²) in [5.41, 5.74) is 1.53. The summed E-state index contributed by atoms with van der Waals surface area (Å²) >= 11 is 0. The van der Waals surface area contributed by atoms with Gasteiger partial charge in [-0.25, -0.2) is 4.98 Å². The fraction of sp³-hybridized carbons (Fsp3) is 0.440. The van der Waals surface area contributed by atoms with E-state index in [1.807, 2.05) is 18.7 Å². The van der Waals surface area contributed by atoms with Crippen molar-refractivity contribution in [2.45, 2.75) is 32.7 Å². The highest BCUT2D eigenvalue weighted by atomic mass is 19.4. The fourth-order valence-electron chi connectivity index (χ4n) is 4.26. The summed E-state index contributed by atoms with van der Waals surface area (Å²) in [6.45, 7) is 6.29. The van der Waals surface area contributed by atoms with Crippen LogP contribution in [0.2, 0.25) is 0 Å². The fourth-order valence-corrected chi connectivity index (χ4v) is 4.26. The summed E-state index contributed by atoms with van der Waals surface area (Å²) in [7, 11) is 0. The second kappa shape index (κ2) is 11.7. The van der Waals surface area contributed by atoms with Crippen LogP contribution in [0, 0.1) is 0 Å². The average molecular weight is 534 g/mol. The van der Waals surface area contributed by atoms with Gasteiger partial charge in [0.1, 0.15) is 17.3 Å². The van der Waals surface area contributed by atoms with E-state index in [9.17, 15) is 22.8 Å². The van der Waals surface area contributed by atoms with Gasteiger partial charge in [-0.1, -0.05) is 12.2 Å². The first-order chi connectivity index (χ1) is 18.1. The molecule has 204 valence electrons. The standard InChI is InChI=1S/C25H30F3N7O3/c1-17(2)31-21(36)16-33-10-12-34(13-11-33)22(37)15-30-24-23(32-20-14-29-8-9-35(20)24)18-4-3-5-19(7-6-18)38-25(26,27)28/h3-4,6-9,14,17,30H,5,10-13,15-16H2,1-2H3,(H,31,36). The van der Waals surface area contributed by atoms with E-state index in [4.69, 9.17) is 0 Å². The second-order valence-electron chi connectivity index (χ2n) is 9.26. The topological polar surface area (TPSA) is 104 Å². The lowest BCUT2D eigenvalue weighted by Gasteiger charge is -2.34. The molecule has 1 fully saturated rings. The lowest BCUT2D eigenvalue weighted by Crippen LogP contribution is -2.52. The molecule has 2 N–H and O–H groups in total. The number of nitrogens with one attached hydrogen (secondary N) is 2. The van der Waals surface area contributed by atoms with Gasteiger partial charge in [0.2, 0.25) is 11.8 Å². The van der Waals surface area contributed by atoms with Gasteiger partial charge in [0.05, 0.1) is 19.3 Å². The number of nitrogens with zero attached hydrogens (tertiary/aromatic N) is 5. The minimum Gasteiger partial charge on any atom is -0.410 e. The van der Waals surface area contributed by atoms with E-state index in [2.05, 4.69) is 25.3 Å². The van der Waals surface area contributed by atoms with Crippen LogP contribution in [0.1, 0.15) is 26.0 Å². The van der Waals surface area contributed by atoms with Crippen molar-refractivity contribution in [3.63, 3.8) is 0 Å². The molecular formula is C25H30F3N7O3. The summed E-state index contributed by atoms with van der Waals surface area (Å²) in [5.74, 6) is 0.131. The van der Waals surface area contributed by atoms with E-state index in [1.165, 1.54) is 12.2 Å². The van der Waals surface area contributed by atoms with E-state index < -0.39 is 6.36 Å². The quantitative estimate of drug-likeness (QED) is 0.538. The predicted molar refractivity (Wildman–Crippen MR) is 135 cm³/mol. The van der Waals surface area contributed by atoms with Crippen molar-refractivity contribution in [2.75, 3.05) is 44.6 Å². The first-order valence-corrected chi connectivity index (χ1v) is 12.3. The van der Waals surface area contributed by atoms with E-state index in [-0.39, 0.29) is 36.6 Å². The number of ether oxygens (including phenoxy) is 1. The third kappa shape index (κ3) is 7.12. The zero-order valence-corrected chi connectivity index (χ0v) is 21.2. The summed E-state index contributed by atoms with van der Waals surface area (Å²) in [6, 6.07) is 0.0762. The average Bonchev–Trinajstić information content (AvgIpc) is 3.06. The molecule has 0 aromatic carbocycles. The van der Waals surface area contributed by atoms with Crippen molar-refractivity contribution < 1.29 is 27.5 Å². The van der Waals surface area contributed by atoms with Gasteiger partial charge >= 0.3 is 6.36 Å². The molecule has 0 saturated carbocycles. The van der Waals surface area contributed by atoms with Gasteiger partial charge in [-0.15, -0.1) is 13.2 Å². The van der Waals surface area contributed by atoms with Crippen molar-refractivity contribution in [1.29, 1.82) is 0 Å². The zero-order valence-electron chi connectivity index (χ0n) is 21.2. The number of rotatable bonds is 8. The van der Waals surface area contributed by atoms with E-state index in [1.54, 1.807) is 40.0 Å². The number of alkyl halides is 3. The van der Waals surface area contributed by atoms with Crippen LogP contribution >= 0.6 is 0 Å². The molecule has 0 spiro atoms. The van der Waals surface area contributed by atoms with Gasteiger partial charge in [-0.3, -0.25) is 23.9 Å². The Morgan fingerprint density at radius 3 is 2.63 bits per heavy atom. The minimum atomic E-state index is -4.77. The summed E-state index contributed by atoms with van der Waals surface area (Å²) < 4.78 is 43.8. The molecular weight excluding hydrogens is 503 g/mol. The Kier molecular flexibility index (Phi) is 8.35. The Labute approximate surface area is 217 Å². The number of imidazole rings is 1. The highest BCUT2D eigenvalue weighted by molar-refractivity contribution is 5.85. The molecule has 0 atom stereocenters. The lowest BCUT2D eigenvalue weighted by molar-refractivity contribution is -0.305. The number of aromatic nitrogens is 3. The third-order valence-corrected chi connectivity index (χ3v) is 5.96. The van der Waals surface area contributed by atoms with Gasteiger partial charge < -0.3 is 20.3 Å². The number of carbonyl (C=O) groups excluding carboxylic acids is 2. The normalized spacial score (nSPS) is 16.7. The largest absolute Gasteiger partial charge is 0.572 e. The number of hydrogen-bond donors (Lipinski definition) is 2. The lowest BCUT2D eigenvalue weighted by atomic mass is 10.1. The maximum atomic E-state index is 13.0. The Hall–Kier alpha value is -3.87. The smallest absolute Gasteiger partial charge is 0.410 e. The first-order valence-electron chi connectivity index (χ1n) is 12.3. The van der Waals surface area contributed by atoms with Gasteiger partial charge in [-0.2, -0.15) is 0 Å². The number of piperazine rings is 1. The Morgan fingerprint density at radius 2 is 1.92 bits per heavy atom. The van der Waals surface area contributed by atoms with Gasteiger partial charge in [0, 0.05) is 56.6 Å². The molecule has 0 unspecified atom stereocenters. The van der Waals surface area contributed by atoms with E-state index in [0.717, 1.165) is 0 Å². The molecule has 0 radical (unpaired) electrons. The maximum Gasteiger partial charge on any atom is 0.572 e. The highest BCUT2D eigenvalue weighted by Gasteiger charge is 2.32. The number of allylic oxidation sites excluding steroid dienone is 5. The minimum absolute atomic E-state index is 0.00772. The molecule has 3 heterocycles. The van der Waals surface area contributed by atoms with Crippen LogP contribution in [0.25, 0.3) is 11.2 Å². The zero-order chi connectivity index (χ0) is 27.3. The Morgan fingerprint density at radius 1 is 1.16 bits per heavy atom. The van der Waals surface area contributed by atoms with Gasteiger partial charge in [0.15, 0.2) is 5.65 Å². The van der Waals surface area contributed by atoms with Crippen LogP contribution < -0.4 is 10.6 Å². The molecule has 0 bridgehead atoms. The number of fused-ring (bicyclic) bond motifs is 1. The molecule has 1 aliphatic carbocycles. The molecule has 1 aliphatic heterocycles. The van der Waals surface area contributed by atoms with Crippen LogP contribution in [-0.2, 0) is 14.3 Å². The number of carbonyl (C=O) groups is 2. The SMILES string of the molecule is CC(C)NC(=O)CN1CCN(C(=O)CNc2c(C3=CC=C(OC(F)(F)F)CC=C3)nc3cnccn23)CC1. The van der Waals surface area contributed by atoms with E-state index >= 15 is 0 Å².